The van der Waals surface area contributed by atoms with Gasteiger partial charge in [-0.2, -0.15) is 18.3 Å². The highest BCUT2D eigenvalue weighted by Crippen LogP contribution is 2.34. The number of nitrogens with one attached hydrogen (secondary N) is 2. The molecule has 1 aliphatic rings. The molecule has 0 atom stereocenters. The van der Waals surface area contributed by atoms with Crippen molar-refractivity contribution >= 4 is 33.4 Å². The molecule has 2 aromatic heterocycles. The summed E-state index contributed by atoms with van der Waals surface area (Å²) in [5, 5.41) is 12.2. The molecule has 9 heteroatoms. The monoisotopic (exact) mass is 467 g/mol. The van der Waals surface area contributed by atoms with E-state index in [4.69, 9.17) is 0 Å². The van der Waals surface area contributed by atoms with Crippen molar-refractivity contribution in [2.24, 2.45) is 7.05 Å². The van der Waals surface area contributed by atoms with Gasteiger partial charge < -0.3 is 10.6 Å². The highest BCUT2D eigenvalue weighted by molar-refractivity contribution is 5.98. The Morgan fingerprint density at radius 3 is 2.53 bits per heavy atom. The molecule has 176 valence electrons. The van der Waals surface area contributed by atoms with Crippen LogP contribution in [0.1, 0.15) is 41.7 Å². The third kappa shape index (κ3) is 4.42. The van der Waals surface area contributed by atoms with Crippen LogP contribution in [-0.4, -0.2) is 32.8 Å². The maximum absolute atomic E-state index is 13.3. The molecule has 4 aromatic rings. The lowest BCUT2D eigenvalue weighted by atomic mass is 9.90. The predicted octanol–water partition coefficient (Wildman–Crippen LogP) is 5.29. The van der Waals surface area contributed by atoms with E-state index in [-0.39, 0.29) is 18.0 Å². The number of amides is 1. The molecule has 2 N–H and O–H groups in total. The zero-order valence-electron chi connectivity index (χ0n) is 18.6. The quantitative estimate of drug-likeness (QED) is 0.428. The van der Waals surface area contributed by atoms with Crippen molar-refractivity contribution in [1.82, 2.24) is 20.1 Å². The minimum atomic E-state index is -4.51. The van der Waals surface area contributed by atoms with Crippen molar-refractivity contribution in [3.05, 3.63) is 66.0 Å². The molecule has 0 unspecified atom stereocenters. The van der Waals surface area contributed by atoms with Crippen LogP contribution >= 0.6 is 0 Å². The number of para-hydroxylation sites is 1. The van der Waals surface area contributed by atoms with E-state index in [2.05, 4.69) is 20.7 Å². The molecule has 1 saturated carbocycles. The van der Waals surface area contributed by atoms with Gasteiger partial charge >= 0.3 is 6.18 Å². The molecule has 1 fully saturated rings. The van der Waals surface area contributed by atoms with Crippen molar-refractivity contribution in [3.8, 4) is 0 Å². The molecule has 0 saturated heterocycles. The largest absolute Gasteiger partial charge is 0.433 e. The molecule has 0 radical (unpaired) electrons. The first-order valence-corrected chi connectivity index (χ1v) is 11.2. The van der Waals surface area contributed by atoms with Gasteiger partial charge in [-0.3, -0.25) is 9.48 Å². The summed E-state index contributed by atoms with van der Waals surface area (Å²) >= 11 is 0. The van der Waals surface area contributed by atoms with Gasteiger partial charge in [0, 0.05) is 41.2 Å². The van der Waals surface area contributed by atoms with Crippen LogP contribution < -0.4 is 10.6 Å². The number of aryl methyl sites for hydroxylation is 1. The summed E-state index contributed by atoms with van der Waals surface area (Å²) < 4.78 is 41.8. The average Bonchev–Trinajstić information content (AvgIpc) is 3.19. The first-order chi connectivity index (χ1) is 16.3. The van der Waals surface area contributed by atoms with E-state index in [1.807, 2.05) is 19.2 Å². The van der Waals surface area contributed by atoms with Crippen molar-refractivity contribution in [2.75, 3.05) is 5.32 Å². The Kier molecular flexibility index (Phi) is 5.63. The summed E-state index contributed by atoms with van der Waals surface area (Å²) in [6.07, 6.45) is 0.188. The number of anilines is 1. The van der Waals surface area contributed by atoms with Gasteiger partial charge in [0.05, 0.1) is 17.2 Å². The minimum absolute atomic E-state index is 0.0202. The number of fused-ring (bicyclic) bond motifs is 2. The molecular formula is C25H24F3N5O. The van der Waals surface area contributed by atoms with Crippen LogP contribution in [0.15, 0.2) is 54.7 Å². The Balaban J connectivity index is 1.24. The average molecular weight is 467 g/mol. The molecule has 5 rings (SSSR count). The summed E-state index contributed by atoms with van der Waals surface area (Å²) in [6, 6.07) is 13.5. The molecule has 34 heavy (non-hydrogen) atoms. The zero-order chi connectivity index (χ0) is 23.9. The summed E-state index contributed by atoms with van der Waals surface area (Å²) in [5.41, 5.74) is 1.39. The lowest BCUT2D eigenvalue weighted by Gasteiger charge is -2.30. The zero-order valence-corrected chi connectivity index (χ0v) is 18.6. The standard InChI is InChI=1S/C25H24F3N5O/c1-33-22-11-6-15(12-16(22)14-29-33)24(34)31-18-9-7-17(8-10-18)30-21-13-23(25(26,27)28)32-20-5-3-2-4-19(20)21/h2-6,11-14,17-18H,7-10H2,1H3,(H,30,32)(H,31,34). The number of hydrogen-bond acceptors (Lipinski definition) is 4. The fourth-order valence-corrected chi connectivity index (χ4v) is 4.62. The number of nitrogens with zero attached hydrogens (tertiary/aromatic N) is 3. The molecule has 2 heterocycles. The molecule has 0 bridgehead atoms. The van der Waals surface area contributed by atoms with Gasteiger partial charge in [0.25, 0.3) is 5.91 Å². The van der Waals surface area contributed by atoms with Crippen molar-refractivity contribution in [2.45, 2.75) is 43.9 Å². The summed E-state index contributed by atoms with van der Waals surface area (Å²) in [4.78, 5) is 16.5. The number of halogens is 3. The lowest BCUT2D eigenvalue weighted by Crippen LogP contribution is -2.40. The van der Waals surface area contributed by atoms with Crippen molar-refractivity contribution in [3.63, 3.8) is 0 Å². The van der Waals surface area contributed by atoms with Crippen LogP contribution in [0.25, 0.3) is 21.8 Å². The minimum Gasteiger partial charge on any atom is -0.382 e. The number of carbonyl (C=O) groups excluding carboxylic acids is 1. The molecule has 6 nitrogen and oxygen atoms in total. The van der Waals surface area contributed by atoms with E-state index in [0.29, 0.717) is 22.2 Å². The van der Waals surface area contributed by atoms with E-state index < -0.39 is 11.9 Å². The molecular weight excluding hydrogens is 443 g/mol. The van der Waals surface area contributed by atoms with Gasteiger partial charge in [-0.1, -0.05) is 18.2 Å². The highest BCUT2D eigenvalue weighted by atomic mass is 19.4. The molecule has 0 spiro atoms. The Labute approximate surface area is 194 Å². The maximum Gasteiger partial charge on any atom is 0.433 e. The van der Waals surface area contributed by atoms with Crippen LogP contribution in [-0.2, 0) is 13.2 Å². The van der Waals surface area contributed by atoms with Gasteiger partial charge in [0.15, 0.2) is 0 Å². The van der Waals surface area contributed by atoms with Crippen LogP contribution in [0.3, 0.4) is 0 Å². The van der Waals surface area contributed by atoms with Crippen molar-refractivity contribution < 1.29 is 18.0 Å². The molecule has 1 amide bonds. The smallest absolute Gasteiger partial charge is 0.382 e. The lowest BCUT2D eigenvalue weighted by molar-refractivity contribution is -0.140. The summed E-state index contributed by atoms with van der Waals surface area (Å²) in [6.45, 7) is 0. The van der Waals surface area contributed by atoms with E-state index >= 15 is 0 Å². The predicted molar refractivity (Wildman–Crippen MR) is 125 cm³/mol. The van der Waals surface area contributed by atoms with E-state index in [0.717, 1.165) is 42.7 Å². The van der Waals surface area contributed by atoms with Crippen LogP contribution in [0.4, 0.5) is 18.9 Å². The fourth-order valence-electron chi connectivity index (χ4n) is 4.62. The number of aromatic nitrogens is 3. The number of rotatable bonds is 4. The van der Waals surface area contributed by atoms with Gasteiger partial charge in [-0.15, -0.1) is 0 Å². The van der Waals surface area contributed by atoms with Gasteiger partial charge in [-0.25, -0.2) is 4.98 Å². The highest BCUT2D eigenvalue weighted by Gasteiger charge is 2.34. The first kappa shape index (κ1) is 22.2. The number of hydrogen-bond donors (Lipinski definition) is 2. The van der Waals surface area contributed by atoms with Gasteiger partial charge in [0.2, 0.25) is 0 Å². The summed E-state index contributed by atoms with van der Waals surface area (Å²) in [7, 11) is 1.85. The van der Waals surface area contributed by atoms with Crippen LogP contribution in [0.5, 0.6) is 0 Å². The number of alkyl halides is 3. The SMILES string of the molecule is Cn1ncc2cc(C(=O)NC3CCC(Nc4cc(C(F)(F)F)nc5ccccc45)CC3)ccc21. The third-order valence-electron chi connectivity index (χ3n) is 6.44. The van der Waals surface area contributed by atoms with E-state index in [1.165, 1.54) is 0 Å². The Morgan fingerprint density at radius 1 is 1.03 bits per heavy atom. The van der Waals surface area contributed by atoms with E-state index in [1.54, 1.807) is 41.2 Å². The summed E-state index contributed by atoms with van der Waals surface area (Å²) in [5.74, 6) is -0.128. The third-order valence-corrected chi connectivity index (χ3v) is 6.44. The second kappa shape index (κ2) is 8.62. The second-order valence-corrected chi connectivity index (χ2v) is 8.78. The van der Waals surface area contributed by atoms with Crippen molar-refractivity contribution in [1.29, 1.82) is 0 Å². The van der Waals surface area contributed by atoms with E-state index in [9.17, 15) is 18.0 Å². The molecule has 1 aliphatic carbocycles. The van der Waals surface area contributed by atoms with Crippen LogP contribution in [0, 0.1) is 0 Å². The fraction of sp³-hybridized carbons (Fsp3) is 0.320. The molecule has 0 aliphatic heterocycles. The second-order valence-electron chi connectivity index (χ2n) is 8.78. The Bertz CT molecular complexity index is 1360. The topological polar surface area (TPSA) is 71.8 Å². The maximum atomic E-state index is 13.3. The Morgan fingerprint density at radius 2 is 1.76 bits per heavy atom. The molecule has 2 aromatic carbocycles. The Hall–Kier alpha value is -3.62. The number of pyridine rings is 1. The van der Waals surface area contributed by atoms with Crippen LogP contribution in [0.2, 0.25) is 0 Å². The van der Waals surface area contributed by atoms with Gasteiger partial charge in [-0.05, 0) is 56.0 Å². The number of benzene rings is 2. The number of carbonyl (C=O) groups is 1. The normalized spacial score (nSPS) is 18.8. The first-order valence-electron chi connectivity index (χ1n) is 11.2. The van der Waals surface area contributed by atoms with Gasteiger partial charge in [0.1, 0.15) is 5.69 Å².